The molecule has 2 aromatic carbocycles. The Balaban J connectivity index is 1.67. The number of nitrogens with zero attached hydrogens (tertiary/aromatic N) is 2. The van der Waals surface area contributed by atoms with Crippen molar-refractivity contribution in [2.24, 2.45) is 10.7 Å². The van der Waals surface area contributed by atoms with Crippen molar-refractivity contribution in [3.63, 3.8) is 0 Å². The quantitative estimate of drug-likeness (QED) is 0.518. The van der Waals surface area contributed by atoms with E-state index in [0.717, 1.165) is 30.3 Å². The summed E-state index contributed by atoms with van der Waals surface area (Å²) in [6.07, 6.45) is 3.60. The van der Waals surface area contributed by atoms with Gasteiger partial charge in [-0.25, -0.2) is 4.99 Å². The normalized spacial score (nSPS) is 14.3. The van der Waals surface area contributed by atoms with Crippen LogP contribution in [0.2, 0.25) is 0 Å². The highest BCUT2D eigenvalue weighted by Gasteiger charge is 2.15. The number of amides is 2. The van der Waals surface area contributed by atoms with E-state index in [0.29, 0.717) is 12.1 Å². The minimum Gasteiger partial charge on any atom is -0.368 e. The highest BCUT2D eigenvalue weighted by Crippen LogP contribution is 2.14. The molecule has 7 nitrogen and oxygen atoms in total. The summed E-state index contributed by atoms with van der Waals surface area (Å²) in [5.74, 6) is -0.0155. The number of hydrogen-bond acceptors (Lipinski definition) is 3. The first-order chi connectivity index (χ1) is 14.1. The van der Waals surface area contributed by atoms with Crippen LogP contribution in [0.5, 0.6) is 0 Å². The molecule has 1 aliphatic heterocycles. The van der Waals surface area contributed by atoms with Gasteiger partial charge in [-0.1, -0.05) is 30.3 Å². The lowest BCUT2D eigenvalue weighted by molar-refractivity contribution is -0.117. The molecule has 0 spiro atoms. The molecule has 7 heteroatoms. The molecular weight excluding hydrogens is 366 g/mol. The summed E-state index contributed by atoms with van der Waals surface area (Å²) in [4.78, 5) is 29.9. The van der Waals surface area contributed by atoms with Crippen LogP contribution in [-0.2, 0) is 11.3 Å². The van der Waals surface area contributed by atoms with Gasteiger partial charge in [0, 0.05) is 24.3 Å². The van der Waals surface area contributed by atoms with E-state index in [2.05, 4.69) is 15.5 Å². The van der Waals surface area contributed by atoms with Crippen molar-refractivity contribution in [1.29, 1.82) is 0 Å². The van der Waals surface area contributed by atoms with E-state index < -0.39 is 5.91 Å². The molecule has 1 heterocycles. The maximum atomic E-state index is 12.0. The van der Waals surface area contributed by atoms with Gasteiger partial charge in [0.1, 0.15) is 0 Å². The maximum absolute atomic E-state index is 12.0. The Kier molecular flexibility index (Phi) is 7.22. The molecule has 2 amide bonds. The molecule has 0 aromatic heterocycles. The first-order valence-corrected chi connectivity index (χ1v) is 9.89. The Hall–Kier alpha value is -3.35. The van der Waals surface area contributed by atoms with Crippen molar-refractivity contribution in [3.8, 4) is 0 Å². The molecule has 1 saturated heterocycles. The highest BCUT2D eigenvalue weighted by molar-refractivity contribution is 5.96. The van der Waals surface area contributed by atoms with E-state index in [1.54, 1.807) is 12.1 Å². The fourth-order valence-corrected chi connectivity index (χ4v) is 3.17. The number of rotatable bonds is 6. The van der Waals surface area contributed by atoms with E-state index >= 15 is 0 Å². The van der Waals surface area contributed by atoms with Gasteiger partial charge in [-0.05, 0) is 49.1 Å². The Labute approximate surface area is 171 Å². The molecule has 0 radical (unpaired) electrons. The van der Waals surface area contributed by atoms with Crippen LogP contribution >= 0.6 is 0 Å². The van der Waals surface area contributed by atoms with Gasteiger partial charge in [-0.2, -0.15) is 0 Å². The van der Waals surface area contributed by atoms with Gasteiger partial charge < -0.3 is 21.3 Å². The van der Waals surface area contributed by atoms with E-state index in [1.165, 1.54) is 19.3 Å². The van der Waals surface area contributed by atoms with Crippen LogP contribution in [0.1, 0.15) is 35.2 Å². The summed E-state index contributed by atoms with van der Waals surface area (Å²) in [5, 5.41) is 5.92. The van der Waals surface area contributed by atoms with Crippen molar-refractivity contribution in [2.75, 3.05) is 25.0 Å². The second kappa shape index (κ2) is 10.3. The van der Waals surface area contributed by atoms with Crippen molar-refractivity contribution in [1.82, 2.24) is 10.2 Å². The summed E-state index contributed by atoms with van der Waals surface area (Å²) < 4.78 is 0. The van der Waals surface area contributed by atoms with Crippen LogP contribution in [0.4, 0.5) is 5.69 Å². The Morgan fingerprint density at radius 2 is 1.66 bits per heavy atom. The van der Waals surface area contributed by atoms with Crippen LogP contribution in [0.3, 0.4) is 0 Å². The van der Waals surface area contributed by atoms with Crippen LogP contribution in [0.25, 0.3) is 0 Å². The lowest BCUT2D eigenvalue weighted by Crippen LogP contribution is -2.40. The van der Waals surface area contributed by atoms with Crippen LogP contribution in [-0.4, -0.2) is 42.3 Å². The second-order valence-electron chi connectivity index (χ2n) is 7.02. The number of primary amides is 1. The molecule has 0 atom stereocenters. The third-order valence-corrected chi connectivity index (χ3v) is 4.74. The fraction of sp³-hybridized carbons (Fsp3) is 0.318. The predicted octanol–water partition coefficient (Wildman–Crippen LogP) is 2.36. The average Bonchev–Trinajstić information content (AvgIpc) is 2.76. The molecular formula is C22H27N5O2. The minimum absolute atomic E-state index is 0.171. The van der Waals surface area contributed by atoms with Gasteiger partial charge in [-0.15, -0.1) is 0 Å². The first-order valence-electron chi connectivity index (χ1n) is 9.89. The molecule has 0 saturated carbocycles. The zero-order valence-corrected chi connectivity index (χ0v) is 16.4. The second-order valence-corrected chi connectivity index (χ2v) is 7.02. The number of carbonyl (C=O) groups excluding carboxylic acids is 2. The molecule has 0 aliphatic carbocycles. The van der Waals surface area contributed by atoms with Crippen molar-refractivity contribution >= 4 is 23.5 Å². The summed E-state index contributed by atoms with van der Waals surface area (Å²) in [6, 6.07) is 17.2. The van der Waals surface area contributed by atoms with E-state index in [4.69, 9.17) is 10.7 Å². The zero-order valence-electron chi connectivity index (χ0n) is 16.4. The third-order valence-electron chi connectivity index (χ3n) is 4.74. The van der Waals surface area contributed by atoms with Gasteiger partial charge in [0.2, 0.25) is 5.91 Å². The number of para-hydroxylation sites is 1. The van der Waals surface area contributed by atoms with E-state index in [1.807, 2.05) is 42.5 Å². The SMILES string of the molecule is NC(=O)CNC(=O)c1ccc(CN=C(Nc2ccccc2)N2CCCCC2)cc1. The monoisotopic (exact) mass is 393 g/mol. The first kappa shape index (κ1) is 20.4. The minimum atomic E-state index is -0.569. The number of aliphatic imine (C=N–C) groups is 1. The maximum Gasteiger partial charge on any atom is 0.251 e. The number of hydrogen-bond donors (Lipinski definition) is 3. The van der Waals surface area contributed by atoms with Crippen LogP contribution < -0.4 is 16.4 Å². The van der Waals surface area contributed by atoms with E-state index in [9.17, 15) is 9.59 Å². The van der Waals surface area contributed by atoms with Gasteiger partial charge in [0.05, 0.1) is 13.1 Å². The Morgan fingerprint density at radius 1 is 0.966 bits per heavy atom. The number of anilines is 1. The third kappa shape index (κ3) is 6.34. The number of benzene rings is 2. The molecule has 0 unspecified atom stereocenters. The Bertz CT molecular complexity index is 843. The van der Waals surface area contributed by atoms with Gasteiger partial charge >= 0.3 is 0 Å². The standard InChI is InChI=1S/C22H27N5O2/c23-20(28)16-24-21(29)18-11-9-17(10-12-18)15-25-22(27-13-5-2-6-14-27)26-19-7-3-1-4-8-19/h1,3-4,7-12H,2,5-6,13-16H2,(H2,23,28)(H,24,29)(H,25,26). The Morgan fingerprint density at radius 3 is 2.31 bits per heavy atom. The molecule has 0 bridgehead atoms. The van der Waals surface area contributed by atoms with Crippen molar-refractivity contribution < 1.29 is 9.59 Å². The number of likely N-dealkylation sites (tertiary alicyclic amines) is 1. The predicted molar refractivity (Wildman–Crippen MR) is 115 cm³/mol. The summed E-state index contributed by atoms with van der Waals surface area (Å²) >= 11 is 0. The summed E-state index contributed by atoms with van der Waals surface area (Å²) in [7, 11) is 0. The lowest BCUT2D eigenvalue weighted by Gasteiger charge is -2.30. The number of guanidine groups is 1. The molecule has 4 N–H and O–H groups in total. The molecule has 152 valence electrons. The van der Waals surface area contributed by atoms with Gasteiger partial charge in [-0.3, -0.25) is 9.59 Å². The molecule has 29 heavy (non-hydrogen) atoms. The van der Waals surface area contributed by atoms with Crippen LogP contribution in [0.15, 0.2) is 59.6 Å². The zero-order chi connectivity index (χ0) is 20.5. The molecule has 1 aliphatic rings. The smallest absolute Gasteiger partial charge is 0.251 e. The topological polar surface area (TPSA) is 99.8 Å². The molecule has 3 rings (SSSR count). The van der Waals surface area contributed by atoms with Crippen LogP contribution in [0, 0.1) is 0 Å². The van der Waals surface area contributed by atoms with E-state index in [-0.39, 0.29) is 12.5 Å². The summed E-state index contributed by atoms with van der Waals surface area (Å²) in [5.41, 5.74) is 7.55. The van der Waals surface area contributed by atoms with Gasteiger partial charge in [0.25, 0.3) is 5.91 Å². The largest absolute Gasteiger partial charge is 0.368 e. The molecule has 1 fully saturated rings. The van der Waals surface area contributed by atoms with Gasteiger partial charge in [0.15, 0.2) is 5.96 Å². The fourth-order valence-electron chi connectivity index (χ4n) is 3.17. The lowest BCUT2D eigenvalue weighted by atomic mass is 10.1. The number of nitrogens with one attached hydrogen (secondary N) is 2. The number of carbonyl (C=O) groups is 2. The van der Waals surface area contributed by atoms with Crippen molar-refractivity contribution in [3.05, 3.63) is 65.7 Å². The number of nitrogens with two attached hydrogens (primary N) is 1. The highest BCUT2D eigenvalue weighted by atomic mass is 16.2. The average molecular weight is 393 g/mol. The number of piperidine rings is 1. The molecule has 2 aromatic rings. The summed E-state index contributed by atoms with van der Waals surface area (Å²) in [6.45, 7) is 2.33. The van der Waals surface area contributed by atoms with Crippen molar-refractivity contribution in [2.45, 2.75) is 25.8 Å².